The van der Waals surface area contributed by atoms with Crippen LogP contribution in [0.15, 0.2) is 42.5 Å². The van der Waals surface area contributed by atoms with Crippen LogP contribution in [0.1, 0.15) is 17.4 Å². The number of carbonyl (C=O) groups is 3. The molecule has 0 bridgehead atoms. The number of fused-ring (bicyclic) bond motifs is 1. The summed E-state index contributed by atoms with van der Waals surface area (Å²) in [6, 6.07) is 13.7. The van der Waals surface area contributed by atoms with Gasteiger partial charge in [-0.3, -0.25) is 14.4 Å². The molecule has 0 spiro atoms. The lowest BCUT2D eigenvalue weighted by atomic mass is 10.1. The maximum absolute atomic E-state index is 11.8. The van der Waals surface area contributed by atoms with Gasteiger partial charge in [-0.15, -0.1) is 0 Å². The molecule has 138 valence electrons. The van der Waals surface area contributed by atoms with E-state index >= 15 is 0 Å². The first kappa shape index (κ1) is 18.3. The number of benzene rings is 2. The van der Waals surface area contributed by atoms with Gasteiger partial charge >= 0.3 is 5.97 Å². The molecule has 0 unspecified atom stereocenters. The van der Waals surface area contributed by atoms with Gasteiger partial charge in [0.1, 0.15) is 5.00 Å². The molecule has 0 aliphatic carbocycles. The molecule has 27 heavy (non-hydrogen) atoms. The van der Waals surface area contributed by atoms with Gasteiger partial charge in [0, 0.05) is 12.6 Å². The molecule has 1 heterocycles. The Morgan fingerprint density at radius 3 is 2.59 bits per heavy atom. The van der Waals surface area contributed by atoms with Gasteiger partial charge in [0.15, 0.2) is 17.4 Å². The summed E-state index contributed by atoms with van der Waals surface area (Å²) in [6.45, 7) is 0.735. The van der Waals surface area contributed by atoms with Crippen LogP contribution >= 0.6 is 11.3 Å². The van der Waals surface area contributed by atoms with Gasteiger partial charge in [0.2, 0.25) is 0 Å². The Labute approximate surface area is 158 Å². The Kier molecular flexibility index (Phi) is 5.32. The fourth-order valence-electron chi connectivity index (χ4n) is 2.35. The van der Waals surface area contributed by atoms with Crippen LogP contribution in [-0.2, 0) is 14.3 Å². The van der Waals surface area contributed by atoms with E-state index in [1.165, 1.54) is 6.92 Å². The lowest BCUT2D eigenvalue weighted by Crippen LogP contribution is -2.21. The summed E-state index contributed by atoms with van der Waals surface area (Å²) in [5, 5.41) is 8.30. The molecule has 1 aromatic heterocycles. The predicted octanol–water partition coefficient (Wildman–Crippen LogP) is 2.64. The Hall–Kier alpha value is -3.46. The summed E-state index contributed by atoms with van der Waals surface area (Å²) in [5.74, 6) is -1.95. The number of nitrogens with two attached hydrogens (primary N) is 1. The quantitative estimate of drug-likeness (QED) is 0.561. The number of rotatable bonds is 6. The number of aromatic nitrogens is 1. The van der Waals surface area contributed by atoms with Crippen molar-refractivity contribution < 1.29 is 19.1 Å². The van der Waals surface area contributed by atoms with Gasteiger partial charge in [-0.2, -0.15) is 0 Å². The van der Waals surface area contributed by atoms with Crippen LogP contribution in [0.5, 0.6) is 0 Å². The second-order valence-electron chi connectivity index (χ2n) is 5.58. The number of ether oxygens (including phenoxy) is 1. The Morgan fingerprint density at radius 1 is 1.15 bits per heavy atom. The maximum atomic E-state index is 11.8. The number of hydrogen-bond acceptors (Lipinski definition) is 7. The molecule has 3 aromatic rings. The number of nitrogens with zero attached hydrogens (tertiary/aromatic N) is 1. The Bertz CT molecular complexity index is 1030. The van der Waals surface area contributed by atoms with Gasteiger partial charge < -0.3 is 21.1 Å². The van der Waals surface area contributed by atoms with Crippen molar-refractivity contribution in [2.75, 3.05) is 17.2 Å². The van der Waals surface area contributed by atoms with E-state index in [0.717, 1.165) is 27.8 Å². The normalized spacial score (nSPS) is 10.4. The highest BCUT2D eigenvalue weighted by Gasteiger charge is 2.18. The number of esters is 1. The van der Waals surface area contributed by atoms with Gasteiger partial charge in [0.05, 0.1) is 0 Å². The minimum atomic E-state index is -0.777. The number of anilines is 3. The third-order valence-electron chi connectivity index (χ3n) is 3.52. The van der Waals surface area contributed by atoms with Crippen molar-refractivity contribution >= 4 is 55.7 Å². The van der Waals surface area contributed by atoms with Crippen molar-refractivity contribution in [2.45, 2.75) is 6.92 Å². The fourth-order valence-corrected chi connectivity index (χ4v) is 3.25. The van der Waals surface area contributed by atoms with E-state index in [1.807, 2.05) is 42.5 Å². The minimum Gasteiger partial charge on any atom is -0.456 e. The third-order valence-corrected chi connectivity index (χ3v) is 4.41. The molecular weight excluding hydrogens is 368 g/mol. The number of primary amides is 1. The van der Waals surface area contributed by atoms with E-state index in [0.29, 0.717) is 5.13 Å². The highest BCUT2D eigenvalue weighted by Crippen LogP contribution is 2.31. The summed E-state index contributed by atoms with van der Waals surface area (Å²) in [5.41, 5.74) is 6.04. The third kappa shape index (κ3) is 4.59. The first-order valence-electron chi connectivity index (χ1n) is 7.92. The van der Waals surface area contributed by atoms with Crippen LogP contribution in [0.25, 0.3) is 10.8 Å². The van der Waals surface area contributed by atoms with E-state index in [9.17, 15) is 14.4 Å². The molecule has 8 nitrogen and oxygen atoms in total. The molecule has 0 saturated heterocycles. The van der Waals surface area contributed by atoms with Crippen molar-refractivity contribution in [1.82, 2.24) is 4.98 Å². The molecule has 9 heteroatoms. The first-order valence-corrected chi connectivity index (χ1v) is 8.73. The molecule has 0 aliphatic rings. The van der Waals surface area contributed by atoms with Gasteiger partial charge in [0.25, 0.3) is 11.8 Å². The Balaban J connectivity index is 1.80. The summed E-state index contributed by atoms with van der Waals surface area (Å²) in [4.78, 5) is 38.4. The van der Waals surface area contributed by atoms with E-state index in [4.69, 9.17) is 5.73 Å². The van der Waals surface area contributed by atoms with E-state index in [-0.39, 0.29) is 10.7 Å². The number of hydrogen-bond donors (Lipinski definition) is 3. The highest BCUT2D eigenvalue weighted by molar-refractivity contribution is 7.20. The predicted molar refractivity (Wildman–Crippen MR) is 103 cm³/mol. The standard InChI is InChI=1S/C18H16N4O4S/c1-10(23)26-9-14(24)21-17-15(16(19)25)22-18(27-17)20-13-7-6-11-4-2-3-5-12(11)8-13/h2-8H,9H2,1H3,(H2,19,25)(H,20,22)(H,21,24). The Morgan fingerprint density at radius 2 is 1.89 bits per heavy atom. The summed E-state index contributed by atoms with van der Waals surface area (Å²) < 4.78 is 4.62. The van der Waals surface area contributed by atoms with Crippen molar-refractivity contribution in [3.63, 3.8) is 0 Å². The molecule has 0 saturated carbocycles. The number of amides is 2. The van der Waals surface area contributed by atoms with E-state index in [1.54, 1.807) is 0 Å². The lowest BCUT2D eigenvalue weighted by Gasteiger charge is -2.04. The zero-order chi connectivity index (χ0) is 19.4. The molecule has 2 amide bonds. The smallest absolute Gasteiger partial charge is 0.303 e. The second-order valence-corrected chi connectivity index (χ2v) is 6.58. The van der Waals surface area contributed by atoms with Crippen molar-refractivity contribution in [1.29, 1.82) is 0 Å². The molecule has 0 radical (unpaired) electrons. The summed E-state index contributed by atoms with van der Waals surface area (Å²) in [7, 11) is 0. The van der Waals surface area contributed by atoms with E-state index < -0.39 is 24.4 Å². The van der Waals surface area contributed by atoms with Crippen LogP contribution in [-0.4, -0.2) is 29.4 Å². The fraction of sp³-hybridized carbons (Fsp3) is 0.111. The zero-order valence-corrected chi connectivity index (χ0v) is 15.1. The molecule has 0 atom stereocenters. The summed E-state index contributed by atoms with van der Waals surface area (Å²) >= 11 is 1.06. The maximum Gasteiger partial charge on any atom is 0.303 e. The number of nitrogens with one attached hydrogen (secondary N) is 2. The highest BCUT2D eigenvalue weighted by atomic mass is 32.1. The molecule has 3 rings (SSSR count). The first-order chi connectivity index (χ1) is 12.9. The van der Waals surface area contributed by atoms with Gasteiger partial charge in [-0.05, 0) is 22.9 Å². The van der Waals surface area contributed by atoms with Crippen LogP contribution in [0.4, 0.5) is 15.8 Å². The molecular formula is C18H16N4O4S. The minimum absolute atomic E-state index is 0.0699. The van der Waals surface area contributed by atoms with Gasteiger partial charge in [-0.1, -0.05) is 41.7 Å². The average molecular weight is 384 g/mol. The van der Waals surface area contributed by atoms with Crippen LogP contribution in [0, 0.1) is 0 Å². The van der Waals surface area contributed by atoms with Crippen LogP contribution in [0.2, 0.25) is 0 Å². The SMILES string of the molecule is CC(=O)OCC(=O)Nc1sc(Nc2ccc3ccccc3c2)nc1C(N)=O. The average Bonchev–Trinajstić information content (AvgIpc) is 3.02. The molecule has 2 aromatic carbocycles. The summed E-state index contributed by atoms with van der Waals surface area (Å²) in [6.07, 6.45) is 0. The number of carbonyl (C=O) groups excluding carboxylic acids is 3. The topological polar surface area (TPSA) is 123 Å². The van der Waals surface area contributed by atoms with Gasteiger partial charge in [-0.25, -0.2) is 4.98 Å². The van der Waals surface area contributed by atoms with E-state index in [2.05, 4.69) is 20.4 Å². The van der Waals surface area contributed by atoms with Crippen molar-refractivity contribution in [3.8, 4) is 0 Å². The lowest BCUT2D eigenvalue weighted by molar-refractivity contribution is -0.144. The number of thiazole rings is 1. The van der Waals surface area contributed by atoms with Crippen LogP contribution in [0.3, 0.4) is 0 Å². The molecule has 4 N–H and O–H groups in total. The largest absolute Gasteiger partial charge is 0.456 e. The van der Waals surface area contributed by atoms with Crippen molar-refractivity contribution in [2.24, 2.45) is 5.73 Å². The monoisotopic (exact) mass is 384 g/mol. The molecule has 0 aliphatic heterocycles. The molecule has 0 fully saturated rings. The second kappa shape index (κ2) is 7.83. The van der Waals surface area contributed by atoms with Crippen LogP contribution < -0.4 is 16.4 Å². The zero-order valence-electron chi connectivity index (χ0n) is 14.3. The van der Waals surface area contributed by atoms with Crippen molar-refractivity contribution in [3.05, 3.63) is 48.2 Å².